The van der Waals surface area contributed by atoms with Gasteiger partial charge in [0, 0.05) is 23.5 Å². The molecule has 4 rings (SSSR count). The van der Waals surface area contributed by atoms with Crippen LogP contribution in [0, 0.1) is 5.41 Å². The van der Waals surface area contributed by atoms with Crippen LogP contribution in [0.25, 0.3) is 0 Å². The highest BCUT2D eigenvalue weighted by molar-refractivity contribution is 7.09. The second kappa shape index (κ2) is 7.15. The molecule has 0 unspecified atom stereocenters. The minimum absolute atomic E-state index is 0.0640. The van der Waals surface area contributed by atoms with Gasteiger partial charge in [-0.2, -0.15) is 0 Å². The van der Waals surface area contributed by atoms with E-state index in [0.717, 1.165) is 4.88 Å². The average Bonchev–Trinajstić information content (AvgIpc) is 3.42. The topological polar surface area (TPSA) is 78.5 Å². The molecule has 1 aromatic heterocycles. The Kier molecular flexibility index (Phi) is 4.70. The molecular weight excluding hydrogens is 362 g/mol. The summed E-state index contributed by atoms with van der Waals surface area (Å²) < 4.78 is 0. The number of likely N-dealkylation sites (tertiary alicyclic amines) is 1. The minimum atomic E-state index is -0.657. The SMILES string of the molecule is O=C(NCc1cccs1)[C@@H]1C[C@]2(CCN(C(=O)c3ccccc3)C2)C(=O)N1. The van der Waals surface area contributed by atoms with Crippen LogP contribution in [-0.4, -0.2) is 41.8 Å². The van der Waals surface area contributed by atoms with Gasteiger partial charge in [0.2, 0.25) is 11.8 Å². The lowest BCUT2D eigenvalue weighted by Gasteiger charge is -2.21. The van der Waals surface area contributed by atoms with Crippen LogP contribution in [0.5, 0.6) is 0 Å². The summed E-state index contributed by atoms with van der Waals surface area (Å²) in [6.07, 6.45) is 1.02. The molecule has 2 aromatic rings. The van der Waals surface area contributed by atoms with Gasteiger partial charge in [-0.3, -0.25) is 14.4 Å². The Morgan fingerprint density at radius 1 is 1.22 bits per heavy atom. The van der Waals surface area contributed by atoms with Crippen LogP contribution in [0.3, 0.4) is 0 Å². The van der Waals surface area contributed by atoms with E-state index in [2.05, 4.69) is 10.6 Å². The van der Waals surface area contributed by atoms with Crippen molar-refractivity contribution < 1.29 is 14.4 Å². The Morgan fingerprint density at radius 2 is 2.04 bits per heavy atom. The molecule has 2 aliphatic heterocycles. The Hall–Kier alpha value is -2.67. The van der Waals surface area contributed by atoms with Gasteiger partial charge in [0.1, 0.15) is 6.04 Å². The van der Waals surface area contributed by atoms with Crippen molar-refractivity contribution in [3.05, 3.63) is 58.3 Å². The van der Waals surface area contributed by atoms with Gasteiger partial charge in [-0.1, -0.05) is 24.3 Å². The van der Waals surface area contributed by atoms with Gasteiger partial charge in [-0.15, -0.1) is 11.3 Å². The molecule has 2 fully saturated rings. The van der Waals surface area contributed by atoms with Gasteiger partial charge in [0.25, 0.3) is 5.91 Å². The van der Waals surface area contributed by atoms with E-state index in [0.29, 0.717) is 38.0 Å². The van der Waals surface area contributed by atoms with Crippen molar-refractivity contribution >= 4 is 29.1 Å². The van der Waals surface area contributed by atoms with Crippen LogP contribution in [0.15, 0.2) is 47.8 Å². The van der Waals surface area contributed by atoms with Crippen LogP contribution >= 0.6 is 11.3 Å². The van der Waals surface area contributed by atoms with Crippen LogP contribution < -0.4 is 10.6 Å². The summed E-state index contributed by atoms with van der Waals surface area (Å²) in [6.45, 7) is 1.36. The Morgan fingerprint density at radius 3 is 2.78 bits per heavy atom. The maximum atomic E-state index is 12.7. The molecule has 0 radical (unpaired) electrons. The van der Waals surface area contributed by atoms with E-state index in [1.165, 1.54) is 0 Å². The standard InChI is InChI=1S/C20H21N3O3S/c24-17(21-12-15-7-4-10-27-15)16-11-20(19(26)22-16)8-9-23(13-20)18(25)14-5-2-1-3-6-14/h1-7,10,16H,8-9,11-13H2,(H,21,24)(H,22,26)/t16-,20-/m0/s1. The van der Waals surface area contributed by atoms with E-state index in [-0.39, 0.29) is 17.7 Å². The third kappa shape index (κ3) is 3.47. The van der Waals surface area contributed by atoms with E-state index in [1.54, 1.807) is 28.4 Å². The van der Waals surface area contributed by atoms with Gasteiger partial charge >= 0.3 is 0 Å². The summed E-state index contributed by atoms with van der Waals surface area (Å²) in [7, 11) is 0. The van der Waals surface area contributed by atoms with Gasteiger partial charge < -0.3 is 15.5 Å². The quantitative estimate of drug-likeness (QED) is 0.845. The average molecular weight is 383 g/mol. The second-order valence-corrected chi connectivity index (χ2v) is 8.18. The maximum absolute atomic E-state index is 12.7. The highest BCUT2D eigenvalue weighted by Gasteiger charge is 2.53. The summed E-state index contributed by atoms with van der Waals surface area (Å²) >= 11 is 1.58. The third-order valence-corrected chi connectivity index (χ3v) is 6.25. The molecule has 3 amide bonds. The van der Waals surface area contributed by atoms with Crippen molar-refractivity contribution in [3.63, 3.8) is 0 Å². The number of hydrogen-bond donors (Lipinski definition) is 2. The van der Waals surface area contributed by atoms with Crippen molar-refractivity contribution in [3.8, 4) is 0 Å². The molecule has 2 N–H and O–H groups in total. The molecule has 0 bridgehead atoms. The number of nitrogens with zero attached hydrogens (tertiary/aromatic N) is 1. The van der Waals surface area contributed by atoms with E-state index in [9.17, 15) is 14.4 Å². The van der Waals surface area contributed by atoms with Crippen molar-refractivity contribution in [2.75, 3.05) is 13.1 Å². The number of carbonyl (C=O) groups excluding carboxylic acids is 3. The predicted molar refractivity (Wildman–Crippen MR) is 102 cm³/mol. The Balaban J connectivity index is 1.38. The number of thiophene rings is 1. The van der Waals surface area contributed by atoms with Crippen molar-refractivity contribution in [1.29, 1.82) is 0 Å². The molecule has 3 heterocycles. The number of benzene rings is 1. The molecule has 1 spiro atoms. The zero-order chi connectivity index (χ0) is 18.9. The largest absolute Gasteiger partial charge is 0.349 e. The second-order valence-electron chi connectivity index (χ2n) is 7.15. The monoisotopic (exact) mass is 383 g/mol. The fourth-order valence-corrected chi connectivity index (χ4v) is 4.52. The first-order valence-corrected chi connectivity index (χ1v) is 9.91. The summed E-state index contributed by atoms with van der Waals surface area (Å²) in [5, 5.41) is 7.68. The zero-order valence-electron chi connectivity index (χ0n) is 14.8. The fraction of sp³-hybridized carbons (Fsp3) is 0.350. The fourth-order valence-electron chi connectivity index (χ4n) is 3.88. The van der Waals surface area contributed by atoms with Crippen LogP contribution in [0.4, 0.5) is 0 Å². The molecule has 27 heavy (non-hydrogen) atoms. The molecule has 6 nitrogen and oxygen atoms in total. The zero-order valence-corrected chi connectivity index (χ0v) is 15.6. The van der Waals surface area contributed by atoms with Gasteiger partial charge in [-0.05, 0) is 36.4 Å². The summed E-state index contributed by atoms with van der Waals surface area (Å²) in [5.74, 6) is -0.352. The lowest BCUT2D eigenvalue weighted by Crippen LogP contribution is -2.41. The number of nitrogens with one attached hydrogen (secondary N) is 2. The van der Waals surface area contributed by atoms with Crippen LogP contribution in [0.1, 0.15) is 28.1 Å². The maximum Gasteiger partial charge on any atom is 0.253 e. The van der Waals surface area contributed by atoms with E-state index < -0.39 is 11.5 Å². The smallest absolute Gasteiger partial charge is 0.253 e. The molecule has 140 valence electrons. The van der Waals surface area contributed by atoms with Crippen LogP contribution in [0.2, 0.25) is 0 Å². The van der Waals surface area contributed by atoms with Gasteiger partial charge in [0.15, 0.2) is 0 Å². The molecule has 2 aliphatic rings. The summed E-state index contributed by atoms with van der Waals surface area (Å²) in [4.78, 5) is 40.5. The molecule has 2 saturated heterocycles. The normalized spacial score (nSPS) is 24.2. The van der Waals surface area contributed by atoms with Crippen LogP contribution in [-0.2, 0) is 16.1 Å². The molecule has 0 saturated carbocycles. The van der Waals surface area contributed by atoms with Gasteiger partial charge in [-0.25, -0.2) is 0 Å². The molecule has 1 aromatic carbocycles. The van der Waals surface area contributed by atoms with Crippen molar-refractivity contribution in [1.82, 2.24) is 15.5 Å². The highest BCUT2D eigenvalue weighted by Crippen LogP contribution is 2.40. The third-order valence-electron chi connectivity index (χ3n) is 5.38. The minimum Gasteiger partial charge on any atom is -0.349 e. The first-order valence-electron chi connectivity index (χ1n) is 9.03. The Bertz CT molecular complexity index is 853. The lowest BCUT2D eigenvalue weighted by atomic mass is 9.84. The van der Waals surface area contributed by atoms with E-state index >= 15 is 0 Å². The first kappa shape index (κ1) is 17.7. The number of carbonyl (C=O) groups is 3. The summed E-state index contributed by atoms with van der Waals surface area (Å²) in [5.41, 5.74) is -0.0340. The number of hydrogen-bond acceptors (Lipinski definition) is 4. The van der Waals surface area contributed by atoms with Gasteiger partial charge in [0.05, 0.1) is 12.0 Å². The van der Waals surface area contributed by atoms with Crippen molar-refractivity contribution in [2.45, 2.75) is 25.4 Å². The highest BCUT2D eigenvalue weighted by atomic mass is 32.1. The first-order chi connectivity index (χ1) is 13.1. The molecule has 0 aliphatic carbocycles. The molecule has 7 heteroatoms. The molecular formula is C20H21N3O3S. The number of rotatable bonds is 4. The summed E-state index contributed by atoms with van der Waals surface area (Å²) in [6, 6.07) is 12.4. The predicted octanol–water partition coefficient (Wildman–Crippen LogP) is 1.79. The van der Waals surface area contributed by atoms with E-state index in [4.69, 9.17) is 0 Å². The Labute approximate surface area is 161 Å². The van der Waals surface area contributed by atoms with Crippen molar-refractivity contribution in [2.24, 2.45) is 5.41 Å². The molecule has 2 atom stereocenters. The lowest BCUT2D eigenvalue weighted by molar-refractivity contribution is -0.128. The number of amides is 3. The van der Waals surface area contributed by atoms with E-state index in [1.807, 2.05) is 35.7 Å².